The van der Waals surface area contributed by atoms with E-state index in [9.17, 15) is 9.59 Å². The van der Waals surface area contributed by atoms with Crippen LogP contribution < -0.4 is 0 Å². The van der Waals surface area contributed by atoms with Crippen LogP contribution in [0.25, 0.3) is 10.8 Å². The Labute approximate surface area is 139 Å². The van der Waals surface area contributed by atoms with Gasteiger partial charge in [-0.1, -0.05) is 0 Å². The summed E-state index contributed by atoms with van der Waals surface area (Å²) >= 11 is 1.40. The number of aromatic nitrogens is 1. The van der Waals surface area contributed by atoms with Gasteiger partial charge in [-0.2, -0.15) is 0 Å². The summed E-state index contributed by atoms with van der Waals surface area (Å²) in [5.74, 6) is 0.320. The van der Waals surface area contributed by atoms with Crippen molar-refractivity contribution in [1.29, 1.82) is 0 Å². The maximum Gasteiger partial charge on any atom is 0.273 e. The summed E-state index contributed by atoms with van der Waals surface area (Å²) < 4.78 is 5.32. The Bertz CT molecular complexity index is 675. The van der Waals surface area contributed by atoms with Gasteiger partial charge >= 0.3 is 0 Å². The number of hydrogen-bond donors (Lipinski definition) is 0. The molecule has 7 heteroatoms. The van der Waals surface area contributed by atoms with Gasteiger partial charge in [0.2, 0.25) is 5.91 Å². The van der Waals surface area contributed by atoms with Crippen molar-refractivity contribution in [2.75, 3.05) is 26.7 Å². The molecule has 6 nitrogen and oxygen atoms in total. The average molecular weight is 335 g/mol. The van der Waals surface area contributed by atoms with Gasteiger partial charge < -0.3 is 14.2 Å². The molecule has 2 heterocycles. The van der Waals surface area contributed by atoms with E-state index in [-0.39, 0.29) is 18.4 Å². The van der Waals surface area contributed by atoms with Crippen molar-refractivity contribution in [1.82, 2.24) is 14.8 Å². The average Bonchev–Trinajstić information content (AvgIpc) is 3.16. The summed E-state index contributed by atoms with van der Waals surface area (Å²) in [6.45, 7) is 7.00. The molecular weight excluding hydrogens is 314 g/mol. The Morgan fingerprint density at radius 3 is 2.57 bits per heavy atom. The van der Waals surface area contributed by atoms with Crippen molar-refractivity contribution in [3.05, 3.63) is 29.0 Å². The van der Waals surface area contributed by atoms with Gasteiger partial charge in [-0.15, -0.1) is 11.3 Å². The highest BCUT2D eigenvalue weighted by atomic mass is 32.1. The van der Waals surface area contributed by atoms with E-state index in [1.807, 2.05) is 20.8 Å². The summed E-state index contributed by atoms with van der Waals surface area (Å²) in [5.41, 5.74) is 0.372. The summed E-state index contributed by atoms with van der Waals surface area (Å²) in [5, 5.41) is 0.666. The number of amides is 2. The quantitative estimate of drug-likeness (QED) is 0.814. The lowest BCUT2D eigenvalue weighted by molar-refractivity contribution is -0.131. The number of rotatable bonds is 6. The van der Waals surface area contributed by atoms with Gasteiger partial charge in [-0.05, 0) is 32.9 Å². The highest BCUT2D eigenvalue weighted by Gasteiger charge is 2.23. The molecule has 2 rings (SSSR count). The van der Waals surface area contributed by atoms with Gasteiger partial charge in [-0.3, -0.25) is 9.59 Å². The summed E-state index contributed by atoms with van der Waals surface area (Å²) in [6, 6.07) is 3.59. The second kappa shape index (κ2) is 7.41. The first-order valence-corrected chi connectivity index (χ1v) is 8.34. The molecule has 0 unspecified atom stereocenters. The Morgan fingerprint density at radius 2 is 2.00 bits per heavy atom. The van der Waals surface area contributed by atoms with Crippen LogP contribution in [-0.2, 0) is 4.79 Å². The fourth-order valence-electron chi connectivity index (χ4n) is 2.23. The molecule has 23 heavy (non-hydrogen) atoms. The van der Waals surface area contributed by atoms with Crippen LogP contribution in [0.4, 0.5) is 0 Å². The van der Waals surface area contributed by atoms with E-state index in [0.717, 1.165) is 4.88 Å². The molecule has 0 saturated heterocycles. The first-order valence-electron chi connectivity index (χ1n) is 7.52. The van der Waals surface area contributed by atoms with Crippen LogP contribution in [0.2, 0.25) is 0 Å². The van der Waals surface area contributed by atoms with Crippen LogP contribution in [0.15, 0.2) is 22.8 Å². The van der Waals surface area contributed by atoms with E-state index in [4.69, 9.17) is 4.42 Å². The number of aryl methyl sites for hydroxylation is 1. The van der Waals surface area contributed by atoms with E-state index >= 15 is 0 Å². The molecule has 0 spiro atoms. The number of hydrogen-bond acceptors (Lipinski definition) is 5. The lowest BCUT2D eigenvalue weighted by atomic mass is 10.3. The Hall–Kier alpha value is -2.15. The third kappa shape index (κ3) is 3.79. The lowest BCUT2D eigenvalue weighted by Crippen LogP contribution is -2.41. The maximum absolute atomic E-state index is 12.6. The molecule has 0 aliphatic carbocycles. The van der Waals surface area contributed by atoms with Crippen LogP contribution in [0.1, 0.15) is 29.2 Å². The summed E-state index contributed by atoms with van der Waals surface area (Å²) in [7, 11) is 1.62. The van der Waals surface area contributed by atoms with E-state index in [0.29, 0.717) is 29.6 Å². The van der Waals surface area contributed by atoms with Crippen molar-refractivity contribution in [3.63, 3.8) is 0 Å². The van der Waals surface area contributed by atoms with Gasteiger partial charge in [0.25, 0.3) is 5.91 Å². The number of likely N-dealkylation sites (N-methyl/N-ethyl adjacent to an activating group) is 2. The van der Waals surface area contributed by atoms with E-state index in [2.05, 4.69) is 4.98 Å². The van der Waals surface area contributed by atoms with Crippen molar-refractivity contribution in [2.45, 2.75) is 20.8 Å². The minimum atomic E-state index is -0.253. The molecule has 0 radical (unpaired) electrons. The van der Waals surface area contributed by atoms with Gasteiger partial charge in [0.05, 0.1) is 12.8 Å². The summed E-state index contributed by atoms with van der Waals surface area (Å²) in [4.78, 5) is 33.0. The molecule has 0 fully saturated rings. The smallest absolute Gasteiger partial charge is 0.273 e. The second-order valence-electron chi connectivity index (χ2n) is 5.13. The minimum Gasteiger partial charge on any atom is -0.462 e. The Balaban J connectivity index is 2.12. The molecule has 2 aromatic rings. The topological polar surface area (TPSA) is 66.7 Å². The normalized spacial score (nSPS) is 10.6. The largest absolute Gasteiger partial charge is 0.462 e. The third-order valence-electron chi connectivity index (χ3n) is 3.57. The zero-order chi connectivity index (χ0) is 17.0. The molecule has 0 bridgehead atoms. The van der Waals surface area contributed by atoms with Crippen molar-refractivity contribution >= 4 is 23.2 Å². The van der Waals surface area contributed by atoms with Gasteiger partial charge in [-0.25, -0.2) is 4.98 Å². The number of nitrogens with zero attached hydrogens (tertiary/aromatic N) is 3. The van der Waals surface area contributed by atoms with E-state index < -0.39 is 0 Å². The van der Waals surface area contributed by atoms with Gasteiger partial charge in [0.1, 0.15) is 5.69 Å². The molecule has 0 aliphatic heterocycles. The predicted octanol–water partition coefficient (Wildman–Crippen LogP) is 2.65. The van der Waals surface area contributed by atoms with Crippen LogP contribution in [0.5, 0.6) is 0 Å². The van der Waals surface area contributed by atoms with Crippen molar-refractivity contribution < 1.29 is 14.0 Å². The van der Waals surface area contributed by atoms with Crippen molar-refractivity contribution in [2.24, 2.45) is 0 Å². The van der Waals surface area contributed by atoms with E-state index in [1.165, 1.54) is 16.2 Å². The fraction of sp³-hybridized carbons (Fsp3) is 0.438. The lowest BCUT2D eigenvalue weighted by Gasteiger charge is -2.22. The SMILES string of the molecule is CCN(CC)C(=O)CN(C)C(=O)c1nc(-c2ccco2)sc1C. The monoisotopic (exact) mass is 335 g/mol. The Kier molecular flexibility index (Phi) is 5.54. The van der Waals surface area contributed by atoms with Crippen LogP contribution in [-0.4, -0.2) is 53.3 Å². The van der Waals surface area contributed by atoms with Crippen LogP contribution >= 0.6 is 11.3 Å². The molecule has 0 atom stereocenters. The summed E-state index contributed by atoms with van der Waals surface area (Å²) in [6.07, 6.45) is 1.57. The number of furan rings is 1. The van der Waals surface area contributed by atoms with Crippen molar-refractivity contribution in [3.8, 4) is 10.8 Å². The molecule has 2 aromatic heterocycles. The number of thiazole rings is 1. The first-order chi connectivity index (χ1) is 11.0. The molecule has 2 amide bonds. The molecular formula is C16H21N3O3S. The molecule has 0 aromatic carbocycles. The standard InChI is InChI=1S/C16H21N3O3S/c1-5-19(6-2)13(20)10-18(4)16(21)14-11(3)23-15(17-14)12-8-7-9-22-12/h7-9H,5-6,10H2,1-4H3. The van der Waals surface area contributed by atoms with Gasteiger partial charge in [0, 0.05) is 25.0 Å². The minimum absolute atomic E-state index is 0.0492. The van der Waals surface area contributed by atoms with Crippen LogP contribution in [0, 0.1) is 6.92 Å². The van der Waals surface area contributed by atoms with E-state index in [1.54, 1.807) is 30.3 Å². The zero-order valence-corrected chi connectivity index (χ0v) is 14.6. The van der Waals surface area contributed by atoms with Crippen LogP contribution in [0.3, 0.4) is 0 Å². The number of carbonyl (C=O) groups is 2. The molecule has 0 saturated carbocycles. The fourth-order valence-corrected chi connectivity index (χ4v) is 3.11. The Morgan fingerprint density at radius 1 is 1.30 bits per heavy atom. The molecule has 0 aliphatic rings. The first kappa shape index (κ1) is 17.2. The maximum atomic E-state index is 12.6. The van der Waals surface area contributed by atoms with Gasteiger partial charge in [0.15, 0.2) is 10.8 Å². The second-order valence-corrected chi connectivity index (χ2v) is 6.33. The highest BCUT2D eigenvalue weighted by molar-refractivity contribution is 7.15. The zero-order valence-electron chi connectivity index (χ0n) is 13.8. The number of carbonyl (C=O) groups excluding carboxylic acids is 2. The molecule has 0 N–H and O–H groups in total. The third-order valence-corrected chi connectivity index (χ3v) is 4.55. The molecule has 124 valence electrons. The highest BCUT2D eigenvalue weighted by Crippen LogP contribution is 2.28. The predicted molar refractivity (Wildman–Crippen MR) is 89.4 cm³/mol.